The van der Waals surface area contributed by atoms with Crippen LogP contribution in [0.15, 0.2) is 46.9 Å². The van der Waals surface area contributed by atoms with E-state index >= 15 is 0 Å². The smallest absolute Gasteiger partial charge is 0.257 e. The van der Waals surface area contributed by atoms with E-state index in [0.29, 0.717) is 21.6 Å². The monoisotopic (exact) mass is 366 g/mol. The number of hydrogen-bond acceptors (Lipinski definition) is 2. The summed E-state index contributed by atoms with van der Waals surface area (Å²) in [6.07, 6.45) is 0. The van der Waals surface area contributed by atoms with Crippen LogP contribution in [0.1, 0.15) is 22.8 Å². The van der Waals surface area contributed by atoms with Crippen molar-refractivity contribution >= 4 is 39.1 Å². The van der Waals surface area contributed by atoms with Crippen molar-refractivity contribution in [1.82, 2.24) is 5.32 Å². The first-order valence-corrected chi connectivity index (χ1v) is 7.84. The molecule has 5 heteroatoms. The van der Waals surface area contributed by atoms with Crippen LogP contribution < -0.4 is 10.6 Å². The zero-order chi connectivity index (χ0) is 15.2. The largest absolute Gasteiger partial charge is 0.322 e. The third-order valence-corrected chi connectivity index (χ3v) is 4.32. The molecule has 0 aliphatic carbocycles. The second kappa shape index (κ2) is 7.59. The third kappa shape index (κ3) is 4.06. The summed E-state index contributed by atoms with van der Waals surface area (Å²) in [7, 11) is 0. The minimum Gasteiger partial charge on any atom is -0.322 e. The molecule has 0 heterocycles. The maximum absolute atomic E-state index is 12.4. The predicted octanol–water partition coefficient (Wildman–Crippen LogP) is 4.46. The van der Waals surface area contributed by atoms with Crippen molar-refractivity contribution in [3.8, 4) is 0 Å². The van der Waals surface area contributed by atoms with Gasteiger partial charge in [-0.1, -0.05) is 42.8 Å². The van der Waals surface area contributed by atoms with Gasteiger partial charge in [0.05, 0.1) is 10.6 Å². The van der Waals surface area contributed by atoms with E-state index in [1.807, 2.05) is 31.2 Å². The Labute approximate surface area is 137 Å². The van der Waals surface area contributed by atoms with Crippen LogP contribution in [0, 0.1) is 0 Å². The topological polar surface area (TPSA) is 41.1 Å². The molecule has 0 unspecified atom stereocenters. The summed E-state index contributed by atoms with van der Waals surface area (Å²) in [6.45, 7) is 3.63. The molecule has 21 heavy (non-hydrogen) atoms. The van der Waals surface area contributed by atoms with Gasteiger partial charge >= 0.3 is 0 Å². The Morgan fingerprint density at radius 2 is 1.95 bits per heavy atom. The molecule has 0 radical (unpaired) electrons. The van der Waals surface area contributed by atoms with E-state index in [9.17, 15) is 4.79 Å². The van der Waals surface area contributed by atoms with E-state index in [0.717, 1.165) is 17.8 Å². The number of para-hydroxylation sites is 1. The molecule has 0 saturated carbocycles. The fraction of sp³-hybridized carbons (Fsp3) is 0.188. The van der Waals surface area contributed by atoms with Crippen LogP contribution in [0.25, 0.3) is 0 Å². The highest BCUT2D eigenvalue weighted by Crippen LogP contribution is 2.27. The van der Waals surface area contributed by atoms with Gasteiger partial charge in [0.2, 0.25) is 0 Å². The highest BCUT2D eigenvalue weighted by molar-refractivity contribution is 9.10. The Balaban J connectivity index is 2.22. The summed E-state index contributed by atoms with van der Waals surface area (Å²) in [5, 5.41) is 6.59. The van der Waals surface area contributed by atoms with E-state index in [1.165, 1.54) is 0 Å². The Bertz CT molecular complexity index is 646. The molecule has 0 atom stereocenters. The number of hydrogen-bond donors (Lipinski definition) is 2. The van der Waals surface area contributed by atoms with Crippen molar-refractivity contribution < 1.29 is 4.79 Å². The molecule has 110 valence electrons. The molecule has 0 saturated heterocycles. The first-order valence-electron chi connectivity index (χ1n) is 6.67. The summed E-state index contributed by atoms with van der Waals surface area (Å²) in [5.41, 5.74) is 2.28. The quantitative estimate of drug-likeness (QED) is 0.819. The van der Waals surface area contributed by atoms with Crippen molar-refractivity contribution in [2.75, 3.05) is 11.9 Å². The summed E-state index contributed by atoms with van der Waals surface area (Å²) in [4.78, 5) is 12.4. The molecular formula is C16H16BrClN2O. The normalized spacial score (nSPS) is 10.4. The fourth-order valence-corrected chi connectivity index (χ4v) is 2.50. The number of carbonyl (C=O) groups excluding carboxylic acids is 1. The van der Waals surface area contributed by atoms with Crippen LogP contribution in [-0.4, -0.2) is 12.5 Å². The van der Waals surface area contributed by atoms with E-state index in [-0.39, 0.29) is 5.91 Å². The molecular weight excluding hydrogens is 352 g/mol. The molecule has 0 fully saturated rings. The van der Waals surface area contributed by atoms with Gasteiger partial charge in [-0.15, -0.1) is 0 Å². The standard InChI is InChI=1S/C16H16BrClN2O/c1-2-19-10-11-6-3-4-9-14(11)20-16(21)12-7-5-8-13(17)15(12)18/h3-9,19H,2,10H2,1H3,(H,20,21). The van der Waals surface area contributed by atoms with Gasteiger partial charge in [-0.2, -0.15) is 0 Å². The van der Waals surface area contributed by atoms with E-state index in [4.69, 9.17) is 11.6 Å². The van der Waals surface area contributed by atoms with Gasteiger partial charge in [0.1, 0.15) is 0 Å². The lowest BCUT2D eigenvalue weighted by Crippen LogP contribution is -2.17. The zero-order valence-electron chi connectivity index (χ0n) is 11.6. The van der Waals surface area contributed by atoms with Crippen LogP contribution in [0.3, 0.4) is 0 Å². The lowest BCUT2D eigenvalue weighted by molar-refractivity contribution is 0.102. The molecule has 2 rings (SSSR count). The van der Waals surface area contributed by atoms with E-state index in [1.54, 1.807) is 18.2 Å². The number of nitrogens with one attached hydrogen (secondary N) is 2. The molecule has 2 N–H and O–H groups in total. The van der Waals surface area contributed by atoms with Gasteiger partial charge in [-0.3, -0.25) is 4.79 Å². The minimum atomic E-state index is -0.217. The first kappa shape index (κ1) is 16.0. The van der Waals surface area contributed by atoms with Crippen molar-refractivity contribution in [2.24, 2.45) is 0 Å². The Morgan fingerprint density at radius 3 is 2.71 bits per heavy atom. The van der Waals surface area contributed by atoms with Crippen LogP contribution in [0.5, 0.6) is 0 Å². The summed E-state index contributed by atoms with van der Waals surface area (Å²) >= 11 is 9.48. The summed E-state index contributed by atoms with van der Waals surface area (Å²) < 4.78 is 0.706. The molecule has 0 bridgehead atoms. The number of benzene rings is 2. The molecule has 0 spiro atoms. The average molecular weight is 368 g/mol. The highest BCUT2D eigenvalue weighted by Gasteiger charge is 2.13. The SMILES string of the molecule is CCNCc1ccccc1NC(=O)c1cccc(Br)c1Cl. The maximum atomic E-state index is 12.4. The lowest BCUT2D eigenvalue weighted by atomic mass is 10.1. The second-order valence-electron chi connectivity index (χ2n) is 4.49. The first-order chi connectivity index (χ1) is 10.1. The number of carbonyl (C=O) groups is 1. The van der Waals surface area contributed by atoms with Gasteiger partial charge in [0.25, 0.3) is 5.91 Å². The Kier molecular flexibility index (Phi) is 5.79. The number of amides is 1. The summed E-state index contributed by atoms with van der Waals surface area (Å²) in [5.74, 6) is -0.217. The van der Waals surface area contributed by atoms with Crippen molar-refractivity contribution in [2.45, 2.75) is 13.5 Å². The second-order valence-corrected chi connectivity index (χ2v) is 5.73. The lowest BCUT2D eigenvalue weighted by Gasteiger charge is -2.12. The van der Waals surface area contributed by atoms with Gasteiger partial charge < -0.3 is 10.6 Å². The van der Waals surface area contributed by atoms with Crippen LogP contribution in [-0.2, 0) is 6.54 Å². The minimum absolute atomic E-state index is 0.217. The number of rotatable bonds is 5. The van der Waals surface area contributed by atoms with E-state index < -0.39 is 0 Å². The summed E-state index contributed by atoms with van der Waals surface area (Å²) in [6, 6.07) is 13.0. The van der Waals surface area contributed by atoms with Gasteiger partial charge in [0, 0.05) is 16.7 Å². The molecule has 3 nitrogen and oxygen atoms in total. The average Bonchev–Trinajstić information content (AvgIpc) is 2.49. The van der Waals surface area contributed by atoms with Crippen LogP contribution in [0.4, 0.5) is 5.69 Å². The van der Waals surface area contributed by atoms with Crippen molar-refractivity contribution in [3.63, 3.8) is 0 Å². The fourth-order valence-electron chi connectivity index (χ4n) is 1.92. The van der Waals surface area contributed by atoms with Gasteiger partial charge in [-0.05, 0) is 46.2 Å². The number of anilines is 1. The highest BCUT2D eigenvalue weighted by atomic mass is 79.9. The van der Waals surface area contributed by atoms with Crippen molar-refractivity contribution in [3.05, 3.63) is 63.1 Å². The number of halogens is 2. The van der Waals surface area contributed by atoms with E-state index in [2.05, 4.69) is 26.6 Å². The molecule has 0 aliphatic heterocycles. The molecule has 0 aromatic heterocycles. The van der Waals surface area contributed by atoms with Crippen LogP contribution in [0.2, 0.25) is 5.02 Å². The van der Waals surface area contributed by atoms with Gasteiger partial charge in [0.15, 0.2) is 0 Å². The molecule has 2 aromatic rings. The Morgan fingerprint density at radius 1 is 1.19 bits per heavy atom. The maximum Gasteiger partial charge on any atom is 0.257 e. The molecule has 1 amide bonds. The van der Waals surface area contributed by atoms with Crippen LogP contribution >= 0.6 is 27.5 Å². The molecule has 2 aromatic carbocycles. The van der Waals surface area contributed by atoms with Crippen molar-refractivity contribution in [1.29, 1.82) is 0 Å². The zero-order valence-corrected chi connectivity index (χ0v) is 14.0. The predicted molar refractivity (Wildman–Crippen MR) is 90.9 cm³/mol. The molecule has 0 aliphatic rings. The third-order valence-electron chi connectivity index (χ3n) is 3.03. The Hall–Kier alpha value is -1.36. The van der Waals surface area contributed by atoms with Gasteiger partial charge in [-0.25, -0.2) is 0 Å².